The summed E-state index contributed by atoms with van der Waals surface area (Å²) in [6, 6.07) is 0.402. The summed E-state index contributed by atoms with van der Waals surface area (Å²) >= 11 is 3.39. The Morgan fingerprint density at radius 1 is 1.69 bits per heavy atom. The molecule has 1 amide bonds. The summed E-state index contributed by atoms with van der Waals surface area (Å²) in [6.07, 6.45) is 4.96. The van der Waals surface area contributed by atoms with Crippen molar-refractivity contribution in [1.29, 1.82) is 0 Å². The van der Waals surface area contributed by atoms with Crippen LogP contribution < -0.4 is 0 Å². The molecule has 16 heavy (non-hydrogen) atoms. The van der Waals surface area contributed by atoms with E-state index in [1.165, 1.54) is 12.6 Å². The standard InChI is InChI=1S/C11H15BrN2O2/c1-8-10(7-13-16-8)11(15)14(6-5-12)9-3-2-4-9/h7,9H,2-6H2,1H3. The highest BCUT2D eigenvalue weighted by atomic mass is 79.9. The van der Waals surface area contributed by atoms with E-state index in [1.807, 2.05) is 4.90 Å². The average Bonchev–Trinajstić information content (AvgIpc) is 2.60. The quantitative estimate of drug-likeness (QED) is 0.799. The SMILES string of the molecule is Cc1oncc1C(=O)N(CCBr)C1CCC1. The van der Waals surface area contributed by atoms with Crippen molar-refractivity contribution >= 4 is 21.8 Å². The monoisotopic (exact) mass is 286 g/mol. The number of aromatic nitrogens is 1. The van der Waals surface area contributed by atoms with Gasteiger partial charge in [-0.05, 0) is 26.2 Å². The average molecular weight is 287 g/mol. The molecule has 0 radical (unpaired) electrons. The number of hydrogen-bond donors (Lipinski definition) is 0. The Morgan fingerprint density at radius 2 is 2.44 bits per heavy atom. The molecule has 0 spiro atoms. The first-order valence-corrected chi connectivity index (χ1v) is 6.64. The molecule has 0 N–H and O–H groups in total. The molecule has 4 nitrogen and oxygen atoms in total. The summed E-state index contributed by atoms with van der Waals surface area (Å²) in [5.74, 6) is 0.645. The van der Waals surface area contributed by atoms with E-state index in [2.05, 4.69) is 21.1 Å². The highest BCUT2D eigenvalue weighted by Crippen LogP contribution is 2.26. The maximum absolute atomic E-state index is 12.3. The molecule has 1 aromatic rings. The van der Waals surface area contributed by atoms with Crippen LogP contribution in [0.4, 0.5) is 0 Å². The molecular weight excluding hydrogens is 272 g/mol. The van der Waals surface area contributed by atoms with E-state index >= 15 is 0 Å². The lowest BCUT2D eigenvalue weighted by molar-refractivity contribution is 0.0598. The van der Waals surface area contributed by atoms with Crippen LogP contribution in [0.5, 0.6) is 0 Å². The minimum absolute atomic E-state index is 0.0444. The van der Waals surface area contributed by atoms with Gasteiger partial charge in [-0.25, -0.2) is 0 Å². The van der Waals surface area contributed by atoms with Gasteiger partial charge in [0.05, 0.1) is 6.20 Å². The van der Waals surface area contributed by atoms with Crippen molar-refractivity contribution < 1.29 is 9.32 Å². The van der Waals surface area contributed by atoms with Gasteiger partial charge in [0.15, 0.2) is 0 Å². The van der Waals surface area contributed by atoms with Gasteiger partial charge in [0, 0.05) is 17.9 Å². The first kappa shape index (κ1) is 11.6. The second-order valence-electron chi connectivity index (χ2n) is 4.07. The third-order valence-electron chi connectivity index (χ3n) is 3.08. The first-order valence-electron chi connectivity index (χ1n) is 5.52. The fourth-order valence-corrected chi connectivity index (χ4v) is 2.28. The van der Waals surface area contributed by atoms with Crippen molar-refractivity contribution in [2.45, 2.75) is 32.2 Å². The van der Waals surface area contributed by atoms with Gasteiger partial charge in [0.1, 0.15) is 11.3 Å². The lowest BCUT2D eigenvalue weighted by Gasteiger charge is -2.37. The van der Waals surface area contributed by atoms with Gasteiger partial charge < -0.3 is 9.42 Å². The lowest BCUT2D eigenvalue weighted by atomic mass is 9.91. The van der Waals surface area contributed by atoms with E-state index in [0.29, 0.717) is 17.4 Å². The normalized spacial score (nSPS) is 15.9. The molecule has 1 saturated carbocycles. The summed E-state index contributed by atoms with van der Waals surface area (Å²) in [5, 5.41) is 4.46. The van der Waals surface area contributed by atoms with E-state index in [1.54, 1.807) is 6.92 Å². The molecular formula is C11H15BrN2O2. The Morgan fingerprint density at radius 3 is 2.88 bits per heavy atom. The van der Waals surface area contributed by atoms with Crippen LogP contribution in [-0.4, -0.2) is 33.9 Å². The molecule has 0 bridgehead atoms. The maximum atomic E-state index is 12.3. The number of rotatable bonds is 4. The Hall–Kier alpha value is -0.840. The van der Waals surface area contributed by atoms with E-state index in [0.717, 1.165) is 24.7 Å². The number of amides is 1. The minimum Gasteiger partial charge on any atom is -0.361 e. The zero-order chi connectivity index (χ0) is 11.5. The maximum Gasteiger partial charge on any atom is 0.259 e. The predicted molar refractivity (Wildman–Crippen MR) is 63.7 cm³/mol. The number of carbonyl (C=O) groups is 1. The largest absolute Gasteiger partial charge is 0.361 e. The van der Waals surface area contributed by atoms with E-state index < -0.39 is 0 Å². The van der Waals surface area contributed by atoms with Crippen LogP contribution in [-0.2, 0) is 0 Å². The number of hydrogen-bond acceptors (Lipinski definition) is 3. The minimum atomic E-state index is 0.0444. The topological polar surface area (TPSA) is 46.3 Å². The van der Waals surface area contributed by atoms with Crippen LogP contribution in [0, 0.1) is 6.92 Å². The van der Waals surface area contributed by atoms with Crippen molar-refractivity contribution in [3.05, 3.63) is 17.5 Å². The zero-order valence-electron chi connectivity index (χ0n) is 9.28. The summed E-state index contributed by atoms with van der Waals surface area (Å²) in [5.41, 5.74) is 0.591. The smallest absolute Gasteiger partial charge is 0.259 e. The van der Waals surface area contributed by atoms with E-state index in [9.17, 15) is 4.79 Å². The van der Waals surface area contributed by atoms with Crippen molar-refractivity contribution in [1.82, 2.24) is 10.1 Å². The van der Waals surface area contributed by atoms with Crippen molar-refractivity contribution in [2.24, 2.45) is 0 Å². The highest BCUT2D eigenvalue weighted by Gasteiger charge is 2.30. The van der Waals surface area contributed by atoms with Gasteiger partial charge in [-0.3, -0.25) is 4.79 Å². The van der Waals surface area contributed by atoms with Crippen LogP contribution in [0.1, 0.15) is 35.4 Å². The lowest BCUT2D eigenvalue weighted by Crippen LogP contribution is -2.45. The first-order chi connectivity index (χ1) is 7.74. The molecule has 0 atom stereocenters. The molecule has 0 saturated heterocycles. The summed E-state index contributed by atoms with van der Waals surface area (Å²) < 4.78 is 4.94. The van der Waals surface area contributed by atoms with Crippen LogP contribution >= 0.6 is 15.9 Å². The second kappa shape index (κ2) is 4.99. The molecule has 0 unspecified atom stereocenters. The van der Waals surface area contributed by atoms with Gasteiger partial charge in [-0.15, -0.1) is 0 Å². The van der Waals surface area contributed by atoms with Crippen LogP contribution in [0.3, 0.4) is 0 Å². The number of carbonyl (C=O) groups excluding carboxylic acids is 1. The molecule has 88 valence electrons. The van der Waals surface area contributed by atoms with E-state index in [-0.39, 0.29) is 5.91 Å². The Bertz CT molecular complexity index is 374. The van der Waals surface area contributed by atoms with Gasteiger partial charge in [0.25, 0.3) is 5.91 Å². The van der Waals surface area contributed by atoms with Crippen LogP contribution in [0.2, 0.25) is 0 Å². The molecule has 1 heterocycles. The summed E-state index contributed by atoms with van der Waals surface area (Å²) in [6.45, 7) is 2.52. The molecule has 0 aromatic carbocycles. The molecule has 2 rings (SSSR count). The number of aryl methyl sites for hydroxylation is 1. The molecule has 5 heteroatoms. The number of halogens is 1. The molecule has 1 fully saturated rings. The summed E-state index contributed by atoms with van der Waals surface area (Å²) in [7, 11) is 0. The second-order valence-corrected chi connectivity index (χ2v) is 4.86. The highest BCUT2D eigenvalue weighted by molar-refractivity contribution is 9.09. The van der Waals surface area contributed by atoms with Crippen molar-refractivity contribution in [2.75, 3.05) is 11.9 Å². The van der Waals surface area contributed by atoms with Gasteiger partial charge >= 0.3 is 0 Å². The van der Waals surface area contributed by atoms with Crippen molar-refractivity contribution in [3.63, 3.8) is 0 Å². The zero-order valence-corrected chi connectivity index (χ0v) is 10.9. The van der Waals surface area contributed by atoms with Crippen LogP contribution in [0.25, 0.3) is 0 Å². The predicted octanol–water partition coefficient (Wildman–Crippen LogP) is 2.37. The Labute approximate surface area is 103 Å². The van der Waals surface area contributed by atoms with Gasteiger partial charge in [-0.1, -0.05) is 21.1 Å². The van der Waals surface area contributed by atoms with Gasteiger partial charge in [-0.2, -0.15) is 0 Å². The molecule has 1 aliphatic rings. The fraction of sp³-hybridized carbons (Fsp3) is 0.636. The number of alkyl halides is 1. The van der Waals surface area contributed by atoms with Crippen molar-refractivity contribution in [3.8, 4) is 0 Å². The molecule has 1 aromatic heterocycles. The number of nitrogens with zero attached hydrogens (tertiary/aromatic N) is 2. The van der Waals surface area contributed by atoms with Crippen LogP contribution in [0.15, 0.2) is 10.7 Å². The van der Waals surface area contributed by atoms with E-state index in [4.69, 9.17) is 4.52 Å². The third kappa shape index (κ3) is 2.14. The Balaban J connectivity index is 2.13. The molecule has 0 aliphatic heterocycles. The Kier molecular flexibility index (Phi) is 3.63. The molecule has 1 aliphatic carbocycles. The summed E-state index contributed by atoms with van der Waals surface area (Å²) in [4.78, 5) is 14.2. The third-order valence-corrected chi connectivity index (χ3v) is 3.44. The van der Waals surface area contributed by atoms with Gasteiger partial charge in [0.2, 0.25) is 0 Å². The fourth-order valence-electron chi connectivity index (χ4n) is 1.90.